The summed E-state index contributed by atoms with van der Waals surface area (Å²) >= 11 is 0. The molecule has 0 fully saturated rings. The fraction of sp³-hybridized carbons (Fsp3) is 0.800. The van der Waals surface area contributed by atoms with Crippen molar-refractivity contribution in [3.63, 3.8) is 0 Å². The highest BCUT2D eigenvalue weighted by atomic mass is 16.5. The van der Waals surface area contributed by atoms with E-state index < -0.39 is 12.0 Å². The molecule has 1 atom stereocenters. The van der Waals surface area contributed by atoms with Crippen LogP contribution >= 0.6 is 0 Å². The van der Waals surface area contributed by atoms with Crippen molar-refractivity contribution in [2.24, 2.45) is 11.1 Å². The van der Waals surface area contributed by atoms with E-state index in [4.69, 9.17) is 15.6 Å². The van der Waals surface area contributed by atoms with Crippen molar-refractivity contribution < 1.29 is 19.4 Å². The Morgan fingerprint density at radius 3 is 2.44 bits per heavy atom. The summed E-state index contributed by atoms with van der Waals surface area (Å²) in [5, 5.41) is 10.9. The summed E-state index contributed by atoms with van der Waals surface area (Å²) < 4.78 is 4.76. The average Bonchev–Trinajstić information content (AvgIpc) is 2.13. The highest BCUT2D eigenvalue weighted by Crippen LogP contribution is 2.16. The largest absolute Gasteiger partial charge is 0.480 e. The standard InChI is InChI=1S/C10H20N2O4/c1-10(2,3)8(11)9(15)12-4-5-16-6-7(13)14/h8H,4-6,11H2,1-3H3,(H,12,15)(H,13,14)/t8-/m0/s1. The van der Waals surface area contributed by atoms with Crippen LogP contribution in [0, 0.1) is 5.41 Å². The predicted molar refractivity (Wildman–Crippen MR) is 58.9 cm³/mol. The normalized spacial score (nSPS) is 13.2. The van der Waals surface area contributed by atoms with Gasteiger partial charge in [-0.15, -0.1) is 0 Å². The second-order valence-corrected chi connectivity index (χ2v) is 4.58. The molecule has 0 bridgehead atoms. The molecule has 4 N–H and O–H groups in total. The highest BCUT2D eigenvalue weighted by Gasteiger charge is 2.26. The molecule has 0 aromatic heterocycles. The second kappa shape index (κ2) is 6.44. The Morgan fingerprint density at radius 1 is 1.44 bits per heavy atom. The Morgan fingerprint density at radius 2 is 2.00 bits per heavy atom. The first-order chi connectivity index (χ1) is 7.25. The number of carbonyl (C=O) groups is 2. The van der Waals surface area contributed by atoms with Crippen LogP contribution in [0.2, 0.25) is 0 Å². The molecule has 0 spiro atoms. The van der Waals surface area contributed by atoms with E-state index in [-0.39, 0.29) is 31.1 Å². The number of carbonyl (C=O) groups excluding carboxylic acids is 1. The Labute approximate surface area is 95.1 Å². The number of hydrogen-bond donors (Lipinski definition) is 3. The molecule has 0 aromatic carbocycles. The summed E-state index contributed by atoms with van der Waals surface area (Å²) in [6.45, 7) is 5.68. The third-order valence-electron chi connectivity index (χ3n) is 1.99. The second-order valence-electron chi connectivity index (χ2n) is 4.58. The minimum atomic E-state index is -1.03. The molecule has 0 aliphatic heterocycles. The maximum atomic E-state index is 11.5. The summed E-state index contributed by atoms with van der Waals surface area (Å²) in [5.74, 6) is -1.29. The molecule has 0 rings (SSSR count). The van der Waals surface area contributed by atoms with Gasteiger partial charge in [0.1, 0.15) is 6.61 Å². The van der Waals surface area contributed by atoms with Gasteiger partial charge in [0.2, 0.25) is 5.91 Å². The van der Waals surface area contributed by atoms with Gasteiger partial charge in [0.25, 0.3) is 0 Å². The van der Waals surface area contributed by atoms with E-state index in [0.29, 0.717) is 0 Å². The molecule has 6 heteroatoms. The van der Waals surface area contributed by atoms with Gasteiger partial charge >= 0.3 is 5.97 Å². The summed E-state index contributed by atoms with van der Waals surface area (Å²) in [5.41, 5.74) is 5.41. The Balaban J connectivity index is 3.70. The van der Waals surface area contributed by atoms with Crippen molar-refractivity contribution in [1.29, 1.82) is 0 Å². The van der Waals surface area contributed by atoms with Crippen molar-refractivity contribution in [1.82, 2.24) is 5.32 Å². The van der Waals surface area contributed by atoms with Crippen LogP contribution in [0.1, 0.15) is 20.8 Å². The molecule has 0 aliphatic carbocycles. The molecular weight excluding hydrogens is 212 g/mol. The van der Waals surface area contributed by atoms with Crippen molar-refractivity contribution in [3.8, 4) is 0 Å². The first-order valence-corrected chi connectivity index (χ1v) is 5.08. The lowest BCUT2D eigenvalue weighted by molar-refractivity contribution is -0.142. The number of nitrogens with one attached hydrogen (secondary N) is 1. The van der Waals surface area contributed by atoms with Crippen LogP contribution in [0.5, 0.6) is 0 Å². The Hall–Kier alpha value is -1.14. The minimum absolute atomic E-state index is 0.162. The number of carboxylic acid groups (broad SMARTS) is 1. The summed E-state index contributed by atoms with van der Waals surface area (Å²) in [6.07, 6.45) is 0. The molecule has 0 aliphatic rings. The first-order valence-electron chi connectivity index (χ1n) is 5.08. The molecule has 0 aromatic rings. The number of aliphatic carboxylic acids is 1. The first kappa shape index (κ1) is 14.9. The van der Waals surface area contributed by atoms with Gasteiger partial charge in [0.05, 0.1) is 12.6 Å². The highest BCUT2D eigenvalue weighted by molar-refractivity contribution is 5.82. The van der Waals surface area contributed by atoms with E-state index in [0.717, 1.165) is 0 Å². The monoisotopic (exact) mass is 232 g/mol. The third kappa shape index (κ3) is 6.36. The van der Waals surface area contributed by atoms with Crippen LogP contribution in [0.15, 0.2) is 0 Å². The minimum Gasteiger partial charge on any atom is -0.480 e. The molecule has 16 heavy (non-hydrogen) atoms. The smallest absolute Gasteiger partial charge is 0.329 e. The lowest BCUT2D eigenvalue weighted by Crippen LogP contribution is -2.49. The lowest BCUT2D eigenvalue weighted by atomic mass is 9.87. The van der Waals surface area contributed by atoms with E-state index in [2.05, 4.69) is 5.32 Å². The molecule has 0 radical (unpaired) electrons. The fourth-order valence-electron chi connectivity index (χ4n) is 0.909. The van der Waals surface area contributed by atoms with Gasteiger partial charge in [0.15, 0.2) is 0 Å². The molecule has 0 saturated carbocycles. The van der Waals surface area contributed by atoms with Crippen LogP contribution in [0.4, 0.5) is 0 Å². The molecule has 0 heterocycles. The zero-order valence-corrected chi connectivity index (χ0v) is 9.95. The number of carboxylic acids is 1. The van der Waals surface area contributed by atoms with Gasteiger partial charge in [-0.05, 0) is 5.41 Å². The lowest BCUT2D eigenvalue weighted by Gasteiger charge is -2.25. The van der Waals surface area contributed by atoms with Gasteiger partial charge in [0, 0.05) is 6.54 Å². The van der Waals surface area contributed by atoms with Gasteiger partial charge in [-0.3, -0.25) is 4.79 Å². The molecule has 94 valence electrons. The number of nitrogens with two attached hydrogens (primary N) is 1. The average molecular weight is 232 g/mol. The number of amides is 1. The molecule has 0 unspecified atom stereocenters. The van der Waals surface area contributed by atoms with Gasteiger partial charge in [-0.1, -0.05) is 20.8 Å². The Kier molecular flexibility index (Phi) is 5.98. The van der Waals surface area contributed by atoms with E-state index >= 15 is 0 Å². The van der Waals surface area contributed by atoms with Crippen LogP contribution in [-0.4, -0.2) is 42.8 Å². The van der Waals surface area contributed by atoms with E-state index in [1.807, 2.05) is 20.8 Å². The maximum absolute atomic E-state index is 11.5. The molecule has 6 nitrogen and oxygen atoms in total. The van der Waals surface area contributed by atoms with Crippen molar-refractivity contribution in [2.75, 3.05) is 19.8 Å². The summed E-state index contributed by atoms with van der Waals surface area (Å²) in [4.78, 5) is 21.6. The molecule has 1 amide bonds. The number of rotatable bonds is 6. The quantitative estimate of drug-likeness (QED) is 0.540. The van der Waals surface area contributed by atoms with E-state index in [1.54, 1.807) is 0 Å². The van der Waals surface area contributed by atoms with Crippen molar-refractivity contribution in [3.05, 3.63) is 0 Å². The fourth-order valence-corrected chi connectivity index (χ4v) is 0.909. The van der Waals surface area contributed by atoms with E-state index in [9.17, 15) is 9.59 Å². The molecular formula is C10H20N2O4. The third-order valence-corrected chi connectivity index (χ3v) is 1.99. The van der Waals surface area contributed by atoms with Crippen LogP contribution < -0.4 is 11.1 Å². The van der Waals surface area contributed by atoms with Crippen LogP contribution in [0.3, 0.4) is 0 Å². The van der Waals surface area contributed by atoms with Crippen LogP contribution in [-0.2, 0) is 14.3 Å². The van der Waals surface area contributed by atoms with E-state index in [1.165, 1.54) is 0 Å². The van der Waals surface area contributed by atoms with Gasteiger partial charge in [-0.2, -0.15) is 0 Å². The maximum Gasteiger partial charge on any atom is 0.329 e. The van der Waals surface area contributed by atoms with Gasteiger partial charge < -0.3 is 20.9 Å². The number of ether oxygens (including phenoxy) is 1. The predicted octanol–water partition coefficient (Wildman–Crippen LogP) is -0.423. The van der Waals surface area contributed by atoms with Crippen molar-refractivity contribution >= 4 is 11.9 Å². The van der Waals surface area contributed by atoms with Crippen LogP contribution in [0.25, 0.3) is 0 Å². The SMILES string of the molecule is CC(C)(C)[C@@H](N)C(=O)NCCOCC(=O)O. The summed E-state index contributed by atoms with van der Waals surface area (Å²) in [6, 6.07) is -0.591. The molecule has 0 saturated heterocycles. The Bertz CT molecular complexity index is 248. The summed E-state index contributed by atoms with van der Waals surface area (Å²) in [7, 11) is 0. The zero-order chi connectivity index (χ0) is 12.8. The topological polar surface area (TPSA) is 102 Å². The van der Waals surface area contributed by atoms with Gasteiger partial charge in [-0.25, -0.2) is 4.79 Å². The number of hydrogen-bond acceptors (Lipinski definition) is 4. The van der Waals surface area contributed by atoms with Crippen molar-refractivity contribution in [2.45, 2.75) is 26.8 Å². The zero-order valence-electron chi connectivity index (χ0n) is 9.95.